The summed E-state index contributed by atoms with van der Waals surface area (Å²) in [6.45, 7) is 1.94. The molecule has 0 saturated heterocycles. The van der Waals surface area contributed by atoms with Crippen molar-refractivity contribution in [3.05, 3.63) is 57.2 Å². The third kappa shape index (κ3) is 3.53. The number of hydrogen-bond acceptors (Lipinski definition) is 5. The van der Waals surface area contributed by atoms with Gasteiger partial charge in [0.25, 0.3) is 0 Å². The molecule has 0 aliphatic carbocycles. The summed E-state index contributed by atoms with van der Waals surface area (Å²) in [4.78, 5) is 17.4. The van der Waals surface area contributed by atoms with Crippen LogP contribution in [0.4, 0.5) is 0 Å². The first kappa shape index (κ1) is 16.8. The number of methoxy groups -OCH3 is 1. The van der Waals surface area contributed by atoms with Gasteiger partial charge in [-0.25, -0.2) is 4.79 Å². The molecular formula is C18H16INO4. The van der Waals surface area contributed by atoms with Crippen LogP contribution in [0.15, 0.2) is 47.6 Å². The highest BCUT2D eigenvalue weighted by atomic mass is 127. The molecule has 1 aliphatic rings. The summed E-state index contributed by atoms with van der Waals surface area (Å²) in [6.07, 6.45) is 0.511. The van der Waals surface area contributed by atoms with Crippen molar-refractivity contribution >= 4 is 34.3 Å². The SMILES string of the molecule is COc1ccc2c(c1)O[C@@H](C)C/C2=N\OC(=O)c1ccccc1I. The summed E-state index contributed by atoms with van der Waals surface area (Å²) in [7, 11) is 1.60. The van der Waals surface area contributed by atoms with Crippen molar-refractivity contribution in [1.82, 2.24) is 0 Å². The first-order chi connectivity index (χ1) is 11.6. The van der Waals surface area contributed by atoms with Gasteiger partial charge in [-0.2, -0.15) is 0 Å². The second-order valence-corrected chi connectivity index (χ2v) is 6.55. The zero-order chi connectivity index (χ0) is 17.1. The third-order valence-corrected chi connectivity index (χ3v) is 4.58. The van der Waals surface area contributed by atoms with E-state index in [4.69, 9.17) is 14.3 Å². The van der Waals surface area contributed by atoms with Gasteiger partial charge in [-0.3, -0.25) is 0 Å². The molecule has 124 valence electrons. The Bertz CT molecular complexity index is 803. The van der Waals surface area contributed by atoms with Crippen molar-refractivity contribution in [2.45, 2.75) is 19.4 Å². The zero-order valence-corrected chi connectivity index (χ0v) is 15.4. The Morgan fingerprint density at radius 2 is 2.08 bits per heavy atom. The second kappa shape index (κ2) is 7.21. The van der Waals surface area contributed by atoms with Gasteiger partial charge in [0, 0.05) is 21.6 Å². The number of hydrogen-bond donors (Lipinski definition) is 0. The summed E-state index contributed by atoms with van der Waals surface area (Å²) >= 11 is 2.10. The predicted molar refractivity (Wildman–Crippen MR) is 98.8 cm³/mol. The maximum atomic E-state index is 12.2. The fourth-order valence-corrected chi connectivity index (χ4v) is 3.07. The van der Waals surface area contributed by atoms with Gasteiger partial charge < -0.3 is 14.3 Å². The minimum absolute atomic E-state index is 0.0566. The van der Waals surface area contributed by atoms with E-state index in [0.717, 1.165) is 9.13 Å². The largest absolute Gasteiger partial charge is 0.497 e. The summed E-state index contributed by atoms with van der Waals surface area (Å²) < 4.78 is 11.9. The number of fused-ring (bicyclic) bond motifs is 1. The molecule has 2 aromatic carbocycles. The van der Waals surface area contributed by atoms with Gasteiger partial charge >= 0.3 is 5.97 Å². The number of carbonyl (C=O) groups excluding carboxylic acids is 1. The topological polar surface area (TPSA) is 57.1 Å². The minimum Gasteiger partial charge on any atom is -0.497 e. The highest BCUT2D eigenvalue weighted by molar-refractivity contribution is 14.1. The standard InChI is InChI=1S/C18H16INO4/c1-11-9-16(14-8-7-12(22-2)10-17(14)23-11)20-24-18(21)13-5-3-4-6-15(13)19/h3-8,10-11H,9H2,1-2H3/b20-16+/t11-/m0/s1. The van der Waals surface area contributed by atoms with Crippen molar-refractivity contribution < 1.29 is 19.1 Å². The number of nitrogens with zero attached hydrogens (tertiary/aromatic N) is 1. The van der Waals surface area contributed by atoms with Crippen LogP contribution in [0.25, 0.3) is 0 Å². The lowest BCUT2D eigenvalue weighted by Crippen LogP contribution is -2.25. The molecule has 0 N–H and O–H groups in total. The van der Waals surface area contributed by atoms with E-state index in [1.807, 2.05) is 37.3 Å². The van der Waals surface area contributed by atoms with Crippen LogP contribution in [0.2, 0.25) is 0 Å². The number of carbonyl (C=O) groups is 1. The van der Waals surface area contributed by atoms with Gasteiger partial charge in [0.15, 0.2) is 0 Å². The van der Waals surface area contributed by atoms with E-state index in [1.165, 1.54) is 0 Å². The van der Waals surface area contributed by atoms with Crippen LogP contribution < -0.4 is 9.47 Å². The minimum atomic E-state index is -0.471. The summed E-state index contributed by atoms with van der Waals surface area (Å²) in [6, 6.07) is 12.7. The molecule has 0 amide bonds. The maximum Gasteiger partial charge on any atom is 0.366 e. The monoisotopic (exact) mass is 437 g/mol. The fourth-order valence-electron chi connectivity index (χ4n) is 2.47. The van der Waals surface area contributed by atoms with Crippen molar-refractivity contribution in [3.63, 3.8) is 0 Å². The molecule has 0 aromatic heterocycles. The molecule has 0 bridgehead atoms. The average molecular weight is 437 g/mol. The zero-order valence-electron chi connectivity index (χ0n) is 13.3. The molecule has 1 aliphatic heterocycles. The molecule has 24 heavy (non-hydrogen) atoms. The molecule has 0 radical (unpaired) electrons. The molecule has 0 fully saturated rings. The average Bonchev–Trinajstić information content (AvgIpc) is 2.59. The van der Waals surface area contributed by atoms with Crippen molar-refractivity contribution in [1.29, 1.82) is 0 Å². The van der Waals surface area contributed by atoms with Crippen LogP contribution in [-0.4, -0.2) is 24.9 Å². The normalized spacial score (nSPS) is 17.8. The molecule has 0 unspecified atom stereocenters. The Morgan fingerprint density at radius 3 is 2.83 bits per heavy atom. The van der Waals surface area contributed by atoms with E-state index in [2.05, 4.69) is 27.7 Å². The number of ether oxygens (including phenoxy) is 2. The number of benzene rings is 2. The lowest BCUT2D eigenvalue weighted by atomic mass is 10.0. The van der Waals surface area contributed by atoms with Gasteiger partial charge in [0.2, 0.25) is 0 Å². The van der Waals surface area contributed by atoms with Crippen LogP contribution in [0.1, 0.15) is 29.3 Å². The van der Waals surface area contributed by atoms with Crippen molar-refractivity contribution in [2.24, 2.45) is 5.16 Å². The molecule has 1 heterocycles. The second-order valence-electron chi connectivity index (χ2n) is 5.39. The highest BCUT2D eigenvalue weighted by Gasteiger charge is 2.24. The van der Waals surface area contributed by atoms with E-state index < -0.39 is 5.97 Å². The van der Waals surface area contributed by atoms with Crippen molar-refractivity contribution in [2.75, 3.05) is 7.11 Å². The molecular weight excluding hydrogens is 421 g/mol. The Labute approximate surface area is 153 Å². The van der Waals surface area contributed by atoms with Crippen LogP contribution in [-0.2, 0) is 4.84 Å². The molecule has 1 atom stereocenters. The summed E-state index contributed by atoms with van der Waals surface area (Å²) in [5.74, 6) is 0.914. The van der Waals surface area contributed by atoms with Gasteiger partial charge in [-0.1, -0.05) is 17.3 Å². The Morgan fingerprint density at radius 1 is 1.29 bits per heavy atom. The molecule has 0 saturated carbocycles. The highest BCUT2D eigenvalue weighted by Crippen LogP contribution is 2.31. The smallest absolute Gasteiger partial charge is 0.366 e. The Hall–Kier alpha value is -2.09. The van der Waals surface area contributed by atoms with E-state index in [0.29, 0.717) is 29.2 Å². The quantitative estimate of drug-likeness (QED) is 0.414. The molecule has 2 aromatic rings. The molecule has 5 nitrogen and oxygen atoms in total. The number of rotatable bonds is 3. The summed E-state index contributed by atoms with van der Waals surface area (Å²) in [5.41, 5.74) is 1.99. The Kier molecular flexibility index (Phi) is 5.03. The third-order valence-electron chi connectivity index (χ3n) is 3.64. The van der Waals surface area contributed by atoms with E-state index in [-0.39, 0.29) is 6.10 Å². The fraction of sp³-hybridized carbons (Fsp3) is 0.222. The van der Waals surface area contributed by atoms with Crippen LogP contribution >= 0.6 is 22.6 Å². The first-order valence-electron chi connectivity index (χ1n) is 7.46. The predicted octanol–water partition coefficient (Wildman–Crippen LogP) is 4.03. The van der Waals surface area contributed by atoms with Gasteiger partial charge in [0.05, 0.1) is 18.4 Å². The maximum absolute atomic E-state index is 12.2. The van der Waals surface area contributed by atoms with E-state index in [9.17, 15) is 4.79 Å². The van der Waals surface area contributed by atoms with Gasteiger partial charge in [0.1, 0.15) is 17.6 Å². The van der Waals surface area contributed by atoms with Crippen LogP contribution in [0.3, 0.4) is 0 Å². The van der Waals surface area contributed by atoms with Crippen molar-refractivity contribution in [3.8, 4) is 11.5 Å². The lowest BCUT2D eigenvalue weighted by molar-refractivity contribution is 0.0512. The molecule has 6 heteroatoms. The molecule has 0 spiro atoms. The van der Waals surface area contributed by atoms with E-state index >= 15 is 0 Å². The summed E-state index contributed by atoms with van der Waals surface area (Å²) in [5, 5.41) is 4.09. The number of halogens is 1. The van der Waals surface area contributed by atoms with Gasteiger partial charge in [-0.05, 0) is 53.8 Å². The first-order valence-corrected chi connectivity index (χ1v) is 8.54. The van der Waals surface area contributed by atoms with Crippen LogP contribution in [0.5, 0.6) is 11.5 Å². The van der Waals surface area contributed by atoms with E-state index in [1.54, 1.807) is 19.2 Å². The molecule has 3 rings (SSSR count). The lowest BCUT2D eigenvalue weighted by Gasteiger charge is -2.24. The number of oxime groups is 1. The van der Waals surface area contributed by atoms with Crippen LogP contribution in [0, 0.1) is 3.57 Å². The van der Waals surface area contributed by atoms with Gasteiger partial charge in [-0.15, -0.1) is 0 Å². The Balaban J connectivity index is 1.86.